The summed E-state index contributed by atoms with van der Waals surface area (Å²) in [5, 5.41) is 2.45. The van der Waals surface area contributed by atoms with E-state index in [-0.39, 0.29) is 0 Å². The molecule has 12 rings (SSSR count). The molecule has 67 heavy (non-hydrogen) atoms. The molecule has 314 valence electrons. The van der Waals surface area contributed by atoms with E-state index >= 15 is 0 Å². The Labute approximate surface area is 389 Å². The number of benzene rings is 10. The van der Waals surface area contributed by atoms with E-state index < -0.39 is 0 Å². The highest BCUT2D eigenvalue weighted by atomic mass is 15.0. The van der Waals surface area contributed by atoms with Gasteiger partial charge in [0.15, 0.2) is 17.5 Å². The van der Waals surface area contributed by atoms with Gasteiger partial charge in [0.2, 0.25) is 0 Å². The lowest BCUT2D eigenvalue weighted by molar-refractivity contribution is 1.07. The molecule has 0 spiro atoms. The van der Waals surface area contributed by atoms with Crippen LogP contribution in [0.5, 0.6) is 0 Å². The van der Waals surface area contributed by atoms with Crippen LogP contribution in [0.3, 0.4) is 0 Å². The van der Waals surface area contributed by atoms with Gasteiger partial charge in [0.1, 0.15) is 0 Å². The fourth-order valence-corrected chi connectivity index (χ4v) is 9.40. The fraction of sp³-hybridized carbons (Fsp3) is 0. The third-order valence-corrected chi connectivity index (χ3v) is 12.7. The number of aromatic nitrogens is 4. The zero-order chi connectivity index (χ0) is 44.5. The molecule has 0 atom stereocenters. The highest BCUT2D eigenvalue weighted by Gasteiger charge is 2.19. The lowest BCUT2D eigenvalue weighted by Gasteiger charge is -2.17. The Hall–Kier alpha value is -8.99. The van der Waals surface area contributed by atoms with E-state index in [2.05, 4.69) is 199 Å². The van der Waals surface area contributed by atoms with Gasteiger partial charge in [-0.25, -0.2) is 15.0 Å². The number of hydrogen-bond acceptors (Lipinski definition) is 3. The Bertz CT molecular complexity index is 3530. The lowest BCUT2D eigenvalue weighted by Crippen LogP contribution is -2.00. The zero-order valence-electron chi connectivity index (χ0n) is 36.5. The summed E-state index contributed by atoms with van der Waals surface area (Å²) in [7, 11) is 0. The second-order valence-electron chi connectivity index (χ2n) is 16.8. The normalized spacial score (nSPS) is 11.3. The van der Waals surface area contributed by atoms with Gasteiger partial charge in [-0.3, -0.25) is 0 Å². The predicted molar refractivity (Wildman–Crippen MR) is 278 cm³/mol. The van der Waals surface area contributed by atoms with Crippen LogP contribution in [0.4, 0.5) is 0 Å². The maximum atomic E-state index is 5.01. The van der Waals surface area contributed by atoms with Crippen molar-refractivity contribution in [2.24, 2.45) is 0 Å². The Morgan fingerprint density at radius 1 is 0.239 bits per heavy atom. The van der Waals surface area contributed by atoms with Crippen molar-refractivity contribution in [3.05, 3.63) is 255 Å². The van der Waals surface area contributed by atoms with Crippen LogP contribution in [0, 0.1) is 0 Å². The minimum absolute atomic E-state index is 0.629. The van der Waals surface area contributed by atoms with Crippen molar-refractivity contribution in [1.82, 2.24) is 19.5 Å². The van der Waals surface area contributed by atoms with Crippen LogP contribution in [0.25, 0.3) is 117 Å². The molecule has 0 radical (unpaired) electrons. The van der Waals surface area contributed by atoms with E-state index in [0.29, 0.717) is 17.5 Å². The van der Waals surface area contributed by atoms with Gasteiger partial charge in [-0.1, -0.05) is 218 Å². The summed E-state index contributed by atoms with van der Waals surface area (Å²) in [5.74, 6) is 1.91. The van der Waals surface area contributed by atoms with Gasteiger partial charge in [0, 0.05) is 33.2 Å². The summed E-state index contributed by atoms with van der Waals surface area (Å²) >= 11 is 0. The molecule has 4 nitrogen and oxygen atoms in total. The van der Waals surface area contributed by atoms with Gasteiger partial charge in [0.05, 0.1) is 11.0 Å². The first-order valence-electron chi connectivity index (χ1n) is 22.7. The van der Waals surface area contributed by atoms with Gasteiger partial charge >= 0.3 is 0 Å². The van der Waals surface area contributed by atoms with E-state index in [0.717, 1.165) is 50.2 Å². The monoisotopic (exact) mass is 854 g/mol. The second kappa shape index (κ2) is 17.2. The maximum Gasteiger partial charge on any atom is 0.164 e. The first-order valence-corrected chi connectivity index (χ1v) is 22.7. The second-order valence-corrected chi connectivity index (χ2v) is 16.8. The molecule has 0 N–H and O–H groups in total. The minimum atomic E-state index is 0.629. The number of rotatable bonds is 9. The molecule has 12 aromatic rings. The summed E-state index contributed by atoms with van der Waals surface area (Å²) in [5.41, 5.74) is 18.0. The zero-order valence-corrected chi connectivity index (χ0v) is 36.5. The van der Waals surface area contributed by atoms with Gasteiger partial charge in [-0.2, -0.15) is 0 Å². The quantitative estimate of drug-likeness (QED) is 0.145. The largest absolute Gasteiger partial charge is 0.309 e. The molecule has 2 heterocycles. The maximum absolute atomic E-state index is 5.01. The molecule has 0 unspecified atom stereocenters. The van der Waals surface area contributed by atoms with Crippen LogP contribution >= 0.6 is 0 Å². The van der Waals surface area contributed by atoms with Crippen LogP contribution in [-0.4, -0.2) is 19.5 Å². The molecule has 10 aromatic carbocycles. The van der Waals surface area contributed by atoms with Crippen LogP contribution in [-0.2, 0) is 0 Å². The highest BCUT2D eigenvalue weighted by Crippen LogP contribution is 2.42. The smallest absolute Gasteiger partial charge is 0.164 e. The SMILES string of the molecule is c1ccc(-c2ccc3c(c2)c2cc(-c4ccccc4)ccc2n3-c2ccc(-c3cccc(-c4ccccc4)c3-c3ccc(-c4nc(-c5ccccc5)nc(-c5ccccc5)n4)cc3)cc2)cc1. The molecular weight excluding hydrogens is 813 g/mol. The Balaban J connectivity index is 0.964. The Kier molecular flexibility index (Phi) is 10.2. The highest BCUT2D eigenvalue weighted by molar-refractivity contribution is 6.11. The third kappa shape index (κ3) is 7.57. The lowest BCUT2D eigenvalue weighted by atomic mass is 9.87. The van der Waals surface area contributed by atoms with E-state index in [1.807, 2.05) is 60.7 Å². The molecule has 0 fully saturated rings. The first kappa shape index (κ1) is 39.6. The summed E-state index contributed by atoms with van der Waals surface area (Å²) < 4.78 is 2.41. The fourth-order valence-electron chi connectivity index (χ4n) is 9.40. The van der Waals surface area contributed by atoms with E-state index in [9.17, 15) is 0 Å². The number of nitrogens with zero attached hydrogens (tertiary/aromatic N) is 4. The van der Waals surface area contributed by atoms with Crippen molar-refractivity contribution in [2.75, 3.05) is 0 Å². The summed E-state index contributed by atoms with van der Waals surface area (Å²) in [6.07, 6.45) is 0. The summed E-state index contributed by atoms with van der Waals surface area (Å²) in [4.78, 5) is 14.9. The van der Waals surface area contributed by atoms with E-state index in [1.165, 1.54) is 49.6 Å². The number of hydrogen-bond donors (Lipinski definition) is 0. The molecule has 2 aromatic heterocycles. The van der Waals surface area contributed by atoms with Crippen molar-refractivity contribution in [1.29, 1.82) is 0 Å². The Morgan fingerprint density at radius 2 is 0.567 bits per heavy atom. The molecule has 0 saturated heterocycles. The van der Waals surface area contributed by atoms with Gasteiger partial charge in [-0.15, -0.1) is 0 Å². The van der Waals surface area contributed by atoms with Crippen molar-refractivity contribution in [2.45, 2.75) is 0 Å². The molecular formula is C63H42N4. The molecule has 0 aliphatic carbocycles. The van der Waals surface area contributed by atoms with Crippen LogP contribution in [0.2, 0.25) is 0 Å². The van der Waals surface area contributed by atoms with Crippen molar-refractivity contribution in [3.63, 3.8) is 0 Å². The molecule has 0 aliphatic rings. The number of fused-ring (bicyclic) bond motifs is 3. The standard InChI is InChI=1S/C63H42N4/c1-6-17-43(18-7-1)51-35-39-58-56(41-51)57-42-52(44-19-8-2-9-20-44)36-40-59(57)67(58)53-37-33-46(34-38-53)55-28-16-27-54(45-21-10-3-11-22-45)60(55)47-29-31-50(32-30-47)63-65-61(48-23-12-4-13-24-48)64-62(66-63)49-25-14-5-15-26-49/h1-42H. The molecule has 4 heteroatoms. The average Bonchev–Trinajstić information content (AvgIpc) is 3.75. The molecule has 0 amide bonds. The van der Waals surface area contributed by atoms with E-state index in [4.69, 9.17) is 15.0 Å². The summed E-state index contributed by atoms with van der Waals surface area (Å²) in [6, 6.07) is 90.3. The van der Waals surface area contributed by atoms with E-state index in [1.54, 1.807) is 0 Å². The van der Waals surface area contributed by atoms with Crippen molar-refractivity contribution < 1.29 is 0 Å². The van der Waals surface area contributed by atoms with Crippen LogP contribution in [0.1, 0.15) is 0 Å². The van der Waals surface area contributed by atoms with Crippen LogP contribution in [0.15, 0.2) is 255 Å². The predicted octanol–water partition coefficient (Wildman–Crippen LogP) is 16.3. The molecule has 0 saturated carbocycles. The molecule has 0 aliphatic heterocycles. The van der Waals surface area contributed by atoms with Crippen molar-refractivity contribution >= 4 is 21.8 Å². The van der Waals surface area contributed by atoms with Gasteiger partial charge in [-0.05, 0) is 92.0 Å². The third-order valence-electron chi connectivity index (χ3n) is 12.7. The first-order chi connectivity index (χ1) is 33.2. The minimum Gasteiger partial charge on any atom is -0.309 e. The van der Waals surface area contributed by atoms with Crippen LogP contribution < -0.4 is 0 Å². The molecule has 0 bridgehead atoms. The van der Waals surface area contributed by atoms with Gasteiger partial charge in [0.25, 0.3) is 0 Å². The topological polar surface area (TPSA) is 43.6 Å². The summed E-state index contributed by atoms with van der Waals surface area (Å²) in [6.45, 7) is 0. The Morgan fingerprint density at radius 3 is 1.00 bits per heavy atom. The van der Waals surface area contributed by atoms with Crippen molar-refractivity contribution in [3.8, 4) is 95.5 Å². The average molecular weight is 855 g/mol. The van der Waals surface area contributed by atoms with Gasteiger partial charge < -0.3 is 4.57 Å².